The Bertz CT molecular complexity index is 5470. The number of aliphatic hydroxyl groups excluding tert-OH is 3. The third-order valence-electron chi connectivity index (χ3n) is 21.3. The lowest BCUT2D eigenvalue weighted by atomic mass is 10.00. The number of H-pyrrole nitrogens is 1. The number of nitrogens with one attached hydrogen (secondary N) is 4. The van der Waals surface area contributed by atoms with E-state index in [2.05, 4.69) is 185 Å². The van der Waals surface area contributed by atoms with Crippen molar-refractivity contribution in [2.75, 3.05) is 112 Å². The zero-order chi connectivity index (χ0) is 90.7. The van der Waals surface area contributed by atoms with Crippen LogP contribution < -0.4 is 27.2 Å². The molecule has 0 spiro atoms. The number of aromatic amines is 1. The number of non-ortho nitro benzene ring substituents is 1. The standard InChI is InChI=1S/C21H26N4O3.C17H19ClN4O2.C12H18N2O.C12H15NO.C9H9NO6S.C9H11N.C5H2Cl2N2O.C5H4N2O3.4CH4/c26-19(11-25-6-5-16-3-1-2-4-17(16)10-25)9-22-21(27)20-8-18(23-14-24-20)7-15-12-28-13-15;18-16-7-15(20-11-21-16)17(24)19-8-14(23)10-22-6-5-12-3-1-2-4-13(12)9-22;13-7-12(15)9-14-6-5-10-3-1-2-4-11(10)8-14;1-2-4-11-7-13(8-12-9-14-12)6-5-10(11)3-1;11-10(12)7-2-1-3-9(4-7)17(13,14)16-6-8-5-15-8;1-2-4-9-7-10-6-5-8(9)3-1;6-4-1-3(5(7)10)8-2-9-4;8-4-1-3(5(9)10)6-2-7-4;;;;/h1-4,8,14-15,19,26H,5-7,9-13H2,(H,22,27);1-4,7,11,14,23H,5-6,8-10H2,(H,19,24);1-4,12,15H,5-9,13H2;1-4,12H,5-9H2;1-4,8H,5-6H2;1-4,10H,5-7H2;1-2H;1-2H,(H,9,10)(H,6,7,8);4*1H4/t19-;14-;2*12-;8-;;;;;;;/m00010......./s1. The van der Waals surface area contributed by atoms with E-state index in [1.807, 2.05) is 12.1 Å². The lowest BCUT2D eigenvalue weighted by Gasteiger charge is -2.30. The summed E-state index contributed by atoms with van der Waals surface area (Å²) in [6.45, 7) is 16.4. The summed E-state index contributed by atoms with van der Waals surface area (Å²) in [5, 5.41) is 57.4. The van der Waals surface area contributed by atoms with Crippen LogP contribution in [-0.2, 0) is 99.8 Å². The van der Waals surface area contributed by atoms with E-state index in [4.69, 9.17) is 64.0 Å². The highest BCUT2D eigenvalue weighted by atomic mass is 35.5. The number of epoxide rings is 2. The van der Waals surface area contributed by atoms with Gasteiger partial charge in [0.2, 0.25) is 0 Å². The van der Waals surface area contributed by atoms with Gasteiger partial charge in [-0.25, -0.2) is 39.7 Å². The Morgan fingerprint density at radius 2 is 0.970 bits per heavy atom. The quantitative estimate of drug-likeness (QED) is 0.00678. The monoisotopic (exact) mass is 1900 g/mol. The first-order chi connectivity index (χ1) is 61.8. The molecule has 0 saturated carbocycles. The van der Waals surface area contributed by atoms with Crippen LogP contribution in [0.4, 0.5) is 5.69 Å². The number of hydrogen-bond donors (Lipinski definition) is 9. The number of aromatic carboxylic acids is 1. The number of fused-ring (bicyclic) bond motifs is 5. The number of ether oxygens (including phenoxy) is 3. The summed E-state index contributed by atoms with van der Waals surface area (Å²) in [4.78, 5) is 103. The Morgan fingerprint density at radius 1 is 0.538 bits per heavy atom. The maximum absolute atomic E-state index is 12.4. The van der Waals surface area contributed by atoms with Crippen LogP contribution in [0.2, 0.25) is 10.3 Å². The predicted octanol–water partition coefficient (Wildman–Crippen LogP) is 9.45. The number of nitrogens with zero attached hydrogens (tertiary/aromatic N) is 12. The first-order valence-corrected chi connectivity index (χ1v) is 44.3. The van der Waals surface area contributed by atoms with Crippen molar-refractivity contribution in [2.24, 2.45) is 11.7 Å². The Labute approximate surface area is 785 Å². The number of aromatic nitrogens is 8. The minimum Gasteiger partial charge on any atom is -0.477 e. The molecule has 8 aliphatic heterocycles. The van der Waals surface area contributed by atoms with Crippen molar-refractivity contribution in [3.05, 3.63) is 310 Å². The van der Waals surface area contributed by atoms with Gasteiger partial charge in [0.05, 0.1) is 68.7 Å². The average Bonchev–Trinajstić information content (AvgIpc) is 1.44. The number of rotatable bonds is 24. The fraction of sp³-hybridized carbons (Fsp3) is 0.404. The molecule has 12 heterocycles. The highest BCUT2D eigenvalue weighted by Crippen LogP contribution is 2.26. The van der Waals surface area contributed by atoms with E-state index in [0.29, 0.717) is 50.5 Å². The predicted molar refractivity (Wildman–Crippen MR) is 504 cm³/mol. The van der Waals surface area contributed by atoms with Crippen LogP contribution in [0.15, 0.2) is 205 Å². The van der Waals surface area contributed by atoms with Crippen LogP contribution in [0.5, 0.6) is 0 Å². The Kier molecular flexibility index (Phi) is 45.6. The fourth-order valence-corrected chi connectivity index (χ4v) is 15.7. The number of aliphatic hydroxyl groups is 3. The number of carbonyl (C=O) groups excluding carboxylic acids is 3. The number of nitro benzene ring substituents is 1. The third kappa shape index (κ3) is 36.7. The van der Waals surface area contributed by atoms with Gasteiger partial charge in [0, 0.05) is 147 Å². The summed E-state index contributed by atoms with van der Waals surface area (Å²) in [5.74, 6) is -1.38. The third-order valence-corrected chi connectivity index (χ3v) is 23.2. The van der Waals surface area contributed by atoms with E-state index >= 15 is 0 Å². The van der Waals surface area contributed by atoms with Crippen molar-refractivity contribution in [1.82, 2.24) is 75.4 Å². The van der Waals surface area contributed by atoms with E-state index < -0.39 is 50.1 Å². The summed E-state index contributed by atoms with van der Waals surface area (Å²) >= 11 is 16.2. The van der Waals surface area contributed by atoms with Gasteiger partial charge in [0.25, 0.3) is 38.4 Å². The summed E-state index contributed by atoms with van der Waals surface area (Å²) in [6.07, 6.45) is 9.79. The van der Waals surface area contributed by atoms with Gasteiger partial charge >= 0.3 is 5.97 Å². The molecule has 0 aliphatic carbocycles. The first-order valence-electron chi connectivity index (χ1n) is 41.8. The lowest BCUT2D eigenvalue weighted by Crippen LogP contribution is -2.42. The number of nitrogens with two attached hydrogens (primary N) is 1. The summed E-state index contributed by atoms with van der Waals surface area (Å²) < 4.78 is 43.2. The average molecular weight is 1900 g/mol. The lowest BCUT2D eigenvalue weighted by molar-refractivity contribution is -0.385. The van der Waals surface area contributed by atoms with Crippen LogP contribution >= 0.6 is 34.8 Å². The van der Waals surface area contributed by atoms with E-state index in [-0.39, 0.29) is 105 Å². The van der Waals surface area contributed by atoms with Gasteiger partial charge < -0.3 is 61.3 Å². The Hall–Kier alpha value is -10.8. The summed E-state index contributed by atoms with van der Waals surface area (Å²) in [7, 11) is -3.96. The molecular weight excluding hydrogens is 1780 g/mol. The van der Waals surface area contributed by atoms with Crippen LogP contribution in [0.3, 0.4) is 0 Å². The number of nitro groups is 1. The van der Waals surface area contributed by atoms with Crippen LogP contribution in [0.1, 0.15) is 133 Å². The smallest absolute Gasteiger partial charge is 0.354 e. The number of carbonyl (C=O) groups is 4. The number of carboxylic acids is 1. The van der Waals surface area contributed by atoms with Crippen molar-refractivity contribution in [3.8, 4) is 0 Å². The Morgan fingerprint density at radius 3 is 1.39 bits per heavy atom. The molecule has 3 saturated heterocycles. The molecule has 2 amide bonds. The van der Waals surface area contributed by atoms with Crippen molar-refractivity contribution < 1.29 is 71.3 Å². The van der Waals surface area contributed by atoms with E-state index in [1.54, 1.807) is 6.07 Å². The van der Waals surface area contributed by atoms with Crippen LogP contribution in [0.25, 0.3) is 0 Å². The molecule has 0 radical (unpaired) electrons. The summed E-state index contributed by atoms with van der Waals surface area (Å²) in [6, 6.07) is 52.7. The van der Waals surface area contributed by atoms with Gasteiger partial charge in [-0.3, -0.25) is 53.1 Å². The van der Waals surface area contributed by atoms with Gasteiger partial charge in [-0.2, -0.15) is 8.42 Å². The molecule has 34 nitrogen and oxygen atoms in total. The maximum atomic E-state index is 12.4. The van der Waals surface area contributed by atoms with E-state index in [9.17, 15) is 57.8 Å². The molecule has 38 heteroatoms. The van der Waals surface area contributed by atoms with E-state index in [0.717, 1.165) is 135 Å². The van der Waals surface area contributed by atoms with Crippen molar-refractivity contribution in [3.63, 3.8) is 0 Å². The SMILES string of the molecule is C.C.C.C.NC[C@H](O)CN1CCc2ccccc2C1.O=C(Cl)c1cc(Cl)ncn1.O=C(NC[C@H](O)CN1CCc2ccccc2C1)c1cc(CC2COC2)ncn1.O=C(NC[C@H](O)CN1CCc2ccccc2C1)c1cc(Cl)ncn1.O=C(O)c1cc(=O)[nH]cn1.O=[N+]([O-])c1cccc(S(=O)(=O)OC[C@@H]2CO2)c1.c1ccc2c(c1)CCN(C[C@@H]1CO1)C2.c1ccc2c(c1)CCNC2. The van der Waals surface area contributed by atoms with Gasteiger partial charge in [-0.1, -0.05) is 180 Å². The number of benzene rings is 6. The number of β-amino-alcohol motifs (C(OH)–C–C–N with tert-alkyl or cyclic N) is 3. The minimum absolute atomic E-state index is 0. The molecule has 710 valence electrons. The van der Waals surface area contributed by atoms with Gasteiger partial charge in [-0.05, 0) is 124 Å². The summed E-state index contributed by atoms with van der Waals surface area (Å²) in [5.41, 5.74) is 20.1. The normalized spacial score (nSPS) is 16.6. The zero-order valence-corrected chi connectivity index (χ0v) is 73.4. The van der Waals surface area contributed by atoms with E-state index in [1.165, 1.54) is 124 Å². The van der Waals surface area contributed by atoms with Gasteiger partial charge in [-0.15, -0.1) is 0 Å². The van der Waals surface area contributed by atoms with Crippen molar-refractivity contribution >= 4 is 73.6 Å². The highest BCUT2D eigenvalue weighted by Gasteiger charge is 2.30. The molecule has 0 unspecified atom stereocenters. The molecule has 6 aromatic carbocycles. The first kappa shape index (κ1) is 108. The van der Waals surface area contributed by atoms with Crippen LogP contribution in [0, 0.1) is 16.0 Å². The maximum Gasteiger partial charge on any atom is 0.354 e. The molecule has 8 aliphatic rings. The number of carboxylic acid groups (broad SMARTS) is 1. The minimum atomic E-state index is -3.96. The molecule has 5 atom stereocenters. The molecule has 0 bridgehead atoms. The van der Waals surface area contributed by atoms with Gasteiger partial charge in [0.15, 0.2) is 5.69 Å². The molecule has 18 rings (SSSR count). The topological polar surface area (TPSA) is 468 Å². The van der Waals surface area contributed by atoms with Crippen LogP contribution in [-0.4, -0.2) is 258 Å². The fourth-order valence-electron chi connectivity index (χ4n) is 14.3. The Balaban J connectivity index is 0.000000211. The second-order valence-electron chi connectivity index (χ2n) is 31.1. The second kappa shape index (κ2) is 55.7. The highest BCUT2D eigenvalue weighted by molar-refractivity contribution is 7.86. The number of halogens is 3. The largest absolute Gasteiger partial charge is 0.477 e. The van der Waals surface area contributed by atoms with Crippen molar-refractivity contribution in [2.45, 2.75) is 136 Å². The number of amides is 2. The zero-order valence-electron chi connectivity index (χ0n) is 70.3. The molecule has 4 aromatic heterocycles. The molecule has 10 N–H and O–H groups in total. The molecule has 3 fully saturated rings. The molecule has 10 aromatic rings. The van der Waals surface area contributed by atoms with Crippen molar-refractivity contribution in [1.29, 1.82) is 0 Å². The molecular formula is C94H120Cl3N17O17S. The molecule has 132 heavy (non-hydrogen) atoms. The second-order valence-corrected chi connectivity index (χ2v) is 33.8. The van der Waals surface area contributed by atoms with Gasteiger partial charge in [0.1, 0.15) is 57.4 Å². The number of hydrogen-bond acceptors (Lipinski definition) is 29.